The second-order valence-electron chi connectivity index (χ2n) is 2.94. The summed E-state index contributed by atoms with van der Waals surface area (Å²) in [5.74, 6) is 5.24. The number of rotatable bonds is 3. The van der Waals surface area contributed by atoms with Gasteiger partial charge < -0.3 is 4.74 Å². The van der Waals surface area contributed by atoms with Crippen LogP contribution in [0.15, 0.2) is 0 Å². The molecule has 60 valence electrons. The molecule has 1 aliphatic heterocycles. The van der Waals surface area contributed by atoms with Gasteiger partial charge in [-0.2, -0.15) is 0 Å². The maximum atomic E-state index is 5.43. The average Bonchev–Trinajstić information content (AvgIpc) is 2.40. The summed E-state index contributed by atoms with van der Waals surface area (Å²) in [6, 6.07) is 0.378. The molecule has 0 aliphatic carbocycles. The minimum Gasteiger partial charge on any atom is -0.378 e. The van der Waals surface area contributed by atoms with E-state index in [0.717, 1.165) is 13.0 Å². The van der Waals surface area contributed by atoms with E-state index >= 15 is 0 Å². The van der Waals surface area contributed by atoms with Crippen molar-refractivity contribution in [2.75, 3.05) is 6.61 Å². The molecule has 1 aliphatic rings. The lowest BCUT2D eigenvalue weighted by atomic mass is 10.1. The summed E-state index contributed by atoms with van der Waals surface area (Å²) in [6.07, 6.45) is 3.90. The first-order valence-electron chi connectivity index (χ1n) is 3.90. The van der Waals surface area contributed by atoms with E-state index in [2.05, 4.69) is 12.3 Å². The minimum absolute atomic E-state index is 0.378. The van der Waals surface area contributed by atoms with Crippen LogP contribution in [0.4, 0.5) is 0 Å². The van der Waals surface area contributed by atoms with Gasteiger partial charge in [0.1, 0.15) is 0 Å². The van der Waals surface area contributed by atoms with Crippen molar-refractivity contribution in [2.24, 2.45) is 5.84 Å². The molecule has 0 saturated carbocycles. The Morgan fingerprint density at radius 1 is 1.80 bits per heavy atom. The van der Waals surface area contributed by atoms with Crippen molar-refractivity contribution in [3.63, 3.8) is 0 Å². The second-order valence-corrected chi connectivity index (χ2v) is 2.94. The lowest BCUT2D eigenvalue weighted by molar-refractivity contribution is 0.0964. The number of hydrogen-bond acceptors (Lipinski definition) is 3. The van der Waals surface area contributed by atoms with Crippen molar-refractivity contribution in [2.45, 2.75) is 38.3 Å². The molecule has 0 radical (unpaired) electrons. The molecule has 1 fully saturated rings. The molecule has 1 rings (SSSR count). The number of hydrazine groups is 1. The van der Waals surface area contributed by atoms with Gasteiger partial charge >= 0.3 is 0 Å². The van der Waals surface area contributed by atoms with Crippen LogP contribution < -0.4 is 11.3 Å². The smallest absolute Gasteiger partial charge is 0.0591 e. The molecule has 1 heterocycles. The first-order valence-corrected chi connectivity index (χ1v) is 3.90. The van der Waals surface area contributed by atoms with E-state index in [1.807, 2.05) is 0 Å². The molecule has 0 bridgehead atoms. The Balaban J connectivity index is 2.11. The summed E-state index contributed by atoms with van der Waals surface area (Å²) < 4.78 is 5.43. The lowest BCUT2D eigenvalue weighted by Gasteiger charge is -2.14. The summed E-state index contributed by atoms with van der Waals surface area (Å²) in [7, 11) is 0. The molecule has 0 spiro atoms. The minimum atomic E-state index is 0.378. The molecule has 1 saturated heterocycles. The Kier molecular flexibility index (Phi) is 3.12. The molecule has 3 nitrogen and oxygen atoms in total. The Labute approximate surface area is 61.9 Å². The fourth-order valence-corrected chi connectivity index (χ4v) is 1.29. The Morgan fingerprint density at radius 3 is 3.10 bits per heavy atom. The molecule has 2 unspecified atom stereocenters. The zero-order valence-corrected chi connectivity index (χ0v) is 6.47. The van der Waals surface area contributed by atoms with Crippen molar-refractivity contribution in [1.82, 2.24) is 5.43 Å². The largest absolute Gasteiger partial charge is 0.378 e. The zero-order chi connectivity index (χ0) is 7.40. The number of nitrogens with one attached hydrogen (secondary N) is 1. The van der Waals surface area contributed by atoms with Crippen LogP contribution in [-0.2, 0) is 4.74 Å². The maximum absolute atomic E-state index is 5.43. The molecule has 0 aromatic rings. The SMILES string of the molecule is CC(CC1CCCO1)NN. The molecule has 0 aromatic carbocycles. The topological polar surface area (TPSA) is 47.3 Å². The van der Waals surface area contributed by atoms with Crippen LogP contribution in [0, 0.1) is 0 Å². The molecule has 0 amide bonds. The fraction of sp³-hybridized carbons (Fsp3) is 1.00. The van der Waals surface area contributed by atoms with Gasteiger partial charge in [-0.1, -0.05) is 0 Å². The monoisotopic (exact) mass is 144 g/mol. The summed E-state index contributed by atoms with van der Waals surface area (Å²) in [5.41, 5.74) is 2.71. The molecule has 2 atom stereocenters. The first-order chi connectivity index (χ1) is 4.83. The summed E-state index contributed by atoms with van der Waals surface area (Å²) in [5, 5.41) is 0. The van der Waals surface area contributed by atoms with Crippen molar-refractivity contribution in [3.05, 3.63) is 0 Å². The molecule has 3 N–H and O–H groups in total. The molecule has 0 aromatic heterocycles. The summed E-state index contributed by atoms with van der Waals surface area (Å²) >= 11 is 0. The highest BCUT2D eigenvalue weighted by molar-refractivity contribution is 4.69. The molecular formula is C7H16N2O. The van der Waals surface area contributed by atoms with Crippen LogP contribution in [0.3, 0.4) is 0 Å². The third-order valence-electron chi connectivity index (χ3n) is 1.92. The van der Waals surface area contributed by atoms with Crippen molar-refractivity contribution in [1.29, 1.82) is 0 Å². The lowest BCUT2D eigenvalue weighted by Crippen LogP contribution is -2.35. The Bertz CT molecular complexity index is 91.6. The van der Waals surface area contributed by atoms with Crippen LogP contribution >= 0.6 is 0 Å². The van der Waals surface area contributed by atoms with Crippen LogP contribution in [0.25, 0.3) is 0 Å². The van der Waals surface area contributed by atoms with Crippen LogP contribution in [-0.4, -0.2) is 18.8 Å². The summed E-state index contributed by atoms with van der Waals surface area (Å²) in [6.45, 7) is 3.00. The van der Waals surface area contributed by atoms with Gasteiger partial charge in [-0.25, -0.2) is 0 Å². The highest BCUT2D eigenvalue weighted by Gasteiger charge is 2.17. The highest BCUT2D eigenvalue weighted by Crippen LogP contribution is 2.16. The third kappa shape index (κ3) is 2.25. The molecule has 3 heteroatoms. The standard InChI is InChI=1S/C7H16N2O/c1-6(9-8)5-7-3-2-4-10-7/h6-7,9H,2-5,8H2,1H3. The van der Waals surface area contributed by atoms with Crippen LogP contribution in [0.5, 0.6) is 0 Å². The molecular weight excluding hydrogens is 128 g/mol. The van der Waals surface area contributed by atoms with Crippen molar-refractivity contribution in [3.8, 4) is 0 Å². The van der Waals surface area contributed by atoms with Crippen molar-refractivity contribution < 1.29 is 4.74 Å². The zero-order valence-electron chi connectivity index (χ0n) is 6.47. The van der Waals surface area contributed by atoms with Gasteiger partial charge in [0.2, 0.25) is 0 Å². The van der Waals surface area contributed by atoms with E-state index < -0.39 is 0 Å². The number of ether oxygens (including phenoxy) is 1. The maximum Gasteiger partial charge on any atom is 0.0591 e. The number of nitrogens with two attached hydrogens (primary N) is 1. The highest BCUT2D eigenvalue weighted by atomic mass is 16.5. The van der Waals surface area contributed by atoms with Gasteiger partial charge in [-0.15, -0.1) is 0 Å². The predicted molar refractivity (Wildman–Crippen MR) is 40.4 cm³/mol. The van der Waals surface area contributed by atoms with E-state index in [4.69, 9.17) is 10.6 Å². The first kappa shape index (κ1) is 7.98. The normalized spacial score (nSPS) is 28.8. The van der Waals surface area contributed by atoms with Crippen LogP contribution in [0.1, 0.15) is 26.2 Å². The van der Waals surface area contributed by atoms with Gasteiger partial charge in [-0.3, -0.25) is 11.3 Å². The van der Waals surface area contributed by atoms with Crippen molar-refractivity contribution >= 4 is 0 Å². The van der Waals surface area contributed by atoms with Gasteiger partial charge in [0.15, 0.2) is 0 Å². The number of hydrogen-bond donors (Lipinski definition) is 2. The van der Waals surface area contributed by atoms with E-state index in [9.17, 15) is 0 Å². The molecule has 10 heavy (non-hydrogen) atoms. The second kappa shape index (κ2) is 3.91. The van der Waals surface area contributed by atoms with E-state index in [1.165, 1.54) is 12.8 Å². The van der Waals surface area contributed by atoms with E-state index in [0.29, 0.717) is 12.1 Å². The average molecular weight is 144 g/mol. The Hall–Kier alpha value is -0.120. The van der Waals surface area contributed by atoms with Gasteiger partial charge in [-0.05, 0) is 26.2 Å². The fourth-order valence-electron chi connectivity index (χ4n) is 1.29. The van der Waals surface area contributed by atoms with Gasteiger partial charge in [0.25, 0.3) is 0 Å². The van der Waals surface area contributed by atoms with Crippen LogP contribution in [0.2, 0.25) is 0 Å². The summed E-state index contributed by atoms with van der Waals surface area (Å²) in [4.78, 5) is 0. The quantitative estimate of drug-likeness (QED) is 0.445. The van der Waals surface area contributed by atoms with Gasteiger partial charge in [0, 0.05) is 12.6 Å². The van der Waals surface area contributed by atoms with E-state index in [1.54, 1.807) is 0 Å². The third-order valence-corrected chi connectivity index (χ3v) is 1.92. The van der Waals surface area contributed by atoms with Gasteiger partial charge in [0.05, 0.1) is 6.10 Å². The van der Waals surface area contributed by atoms with E-state index in [-0.39, 0.29) is 0 Å². The Morgan fingerprint density at radius 2 is 2.60 bits per heavy atom. The predicted octanol–water partition coefficient (Wildman–Crippen LogP) is 0.407.